The fraction of sp³-hybridized carbons (Fsp3) is 0.192. The van der Waals surface area contributed by atoms with E-state index in [0.717, 1.165) is 11.1 Å². The van der Waals surface area contributed by atoms with Gasteiger partial charge in [0.1, 0.15) is 11.6 Å². The minimum atomic E-state index is -0.805. The van der Waals surface area contributed by atoms with E-state index in [-0.39, 0.29) is 43.0 Å². The van der Waals surface area contributed by atoms with Crippen LogP contribution < -0.4 is 15.4 Å². The van der Waals surface area contributed by atoms with Crippen molar-refractivity contribution in [2.75, 3.05) is 11.9 Å². The van der Waals surface area contributed by atoms with Gasteiger partial charge < -0.3 is 20.1 Å². The van der Waals surface area contributed by atoms with Gasteiger partial charge in [0, 0.05) is 24.2 Å². The van der Waals surface area contributed by atoms with Crippen molar-refractivity contribution in [2.24, 2.45) is 0 Å². The SMILES string of the molecule is CCOC(=O)Oc1ccc(C(=O)NCc2cccc(NC(=O)CCc3cccc(F)c3)c2)cc1. The molecule has 0 aromatic heterocycles. The molecule has 3 rings (SSSR count). The predicted molar refractivity (Wildman–Crippen MR) is 125 cm³/mol. The molecule has 34 heavy (non-hydrogen) atoms. The minimum Gasteiger partial charge on any atom is -0.434 e. The number of amides is 2. The lowest BCUT2D eigenvalue weighted by molar-refractivity contribution is -0.116. The summed E-state index contributed by atoms with van der Waals surface area (Å²) in [5.74, 6) is -0.535. The number of nitrogens with one attached hydrogen (secondary N) is 2. The maximum atomic E-state index is 13.3. The van der Waals surface area contributed by atoms with Gasteiger partial charge in [0.25, 0.3) is 5.91 Å². The van der Waals surface area contributed by atoms with Crippen molar-refractivity contribution in [1.82, 2.24) is 5.32 Å². The van der Waals surface area contributed by atoms with Crippen LogP contribution in [0.5, 0.6) is 5.75 Å². The fourth-order valence-electron chi connectivity index (χ4n) is 3.14. The fourth-order valence-corrected chi connectivity index (χ4v) is 3.14. The molecule has 0 aliphatic heterocycles. The second-order valence-electron chi connectivity index (χ2n) is 7.37. The monoisotopic (exact) mass is 464 g/mol. The van der Waals surface area contributed by atoms with Crippen molar-refractivity contribution in [1.29, 1.82) is 0 Å². The smallest absolute Gasteiger partial charge is 0.434 e. The van der Waals surface area contributed by atoms with Crippen LogP contribution in [-0.4, -0.2) is 24.6 Å². The zero-order chi connectivity index (χ0) is 24.3. The van der Waals surface area contributed by atoms with E-state index in [0.29, 0.717) is 17.7 Å². The Labute approximate surface area is 196 Å². The molecule has 3 aromatic rings. The van der Waals surface area contributed by atoms with Crippen LogP contribution in [0.2, 0.25) is 0 Å². The zero-order valence-electron chi connectivity index (χ0n) is 18.7. The number of benzene rings is 3. The molecule has 0 saturated heterocycles. The lowest BCUT2D eigenvalue weighted by Gasteiger charge is -2.09. The highest BCUT2D eigenvalue weighted by atomic mass is 19.1. The summed E-state index contributed by atoms with van der Waals surface area (Å²) in [6.45, 7) is 2.14. The number of hydrogen-bond acceptors (Lipinski definition) is 5. The molecule has 0 radical (unpaired) electrons. The van der Waals surface area contributed by atoms with Crippen LogP contribution in [-0.2, 0) is 22.5 Å². The van der Waals surface area contributed by atoms with Gasteiger partial charge in [-0.3, -0.25) is 9.59 Å². The minimum absolute atomic E-state index is 0.185. The number of rotatable bonds is 9. The topological polar surface area (TPSA) is 93.7 Å². The van der Waals surface area contributed by atoms with Crippen molar-refractivity contribution >= 4 is 23.7 Å². The molecular formula is C26H25FN2O5. The number of anilines is 1. The largest absolute Gasteiger partial charge is 0.513 e. The first-order valence-electron chi connectivity index (χ1n) is 10.8. The standard InChI is InChI=1S/C26H25FN2O5/c1-2-33-26(32)34-23-12-10-20(11-13-23)25(31)28-17-19-6-4-8-22(16-19)29-24(30)14-9-18-5-3-7-21(27)15-18/h3-8,10-13,15-16H,2,9,14,17H2,1H3,(H,28,31)(H,29,30). The Kier molecular flexibility index (Phi) is 8.73. The van der Waals surface area contributed by atoms with Gasteiger partial charge in [0.15, 0.2) is 0 Å². The van der Waals surface area contributed by atoms with E-state index in [1.807, 2.05) is 6.07 Å². The third-order valence-electron chi connectivity index (χ3n) is 4.77. The van der Waals surface area contributed by atoms with Gasteiger partial charge in [-0.15, -0.1) is 0 Å². The van der Waals surface area contributed by atoms with Crippen LogP contribution in [0.25, 0.3) is 0 Å². The molecule has 2 N–H and O–H groups in total. The zero-order valence-corrected chi connectivity index (χ0v) is 18.7. The van der Waals surface area contributed by atoms with Gasteiger partial charge in [-0.05, 0) is 73.0 Å². The van der Waals surface area contributed by atoms with E-state index in [9.17, 15) is 18.8 Å². The number of aryl methyl sites for hydroxylation is 1. The van der Waals surface area contributed by atoms with Crippen LogP contribution in [0.1, 0.15) is 34.8 Å². The summed E-state index contributed by atoms with van der Waals surface area (Å²) in [5.41, 5.74) is 2.57. The lowest BCUT2D eigenvalue weighted by atomic mass is 10.1. The summed E-state index contributed by atoms with van der Waals surface area (Å²) in [6, 6.07) is 19.4. The highest BCUT2D eigenvalue weighted by Crippen LogP contribution is 2.15. The first kappa shape index (κ1) is 24.4. The van der Waals surface area contributed by atoms with Crippen molar-refractivity contribution in [2.45, 2.75) is 26.3 Å². The van der Waals surface area contributed by atoms with Gasteiger partial charge in [0.2, 0.25) is 5.91 Å². The summed E-state index contributed by atoms with van der Waals surface area (Å²) in [6.07, 6.45) is -0.149. The second-order valence-corrected chi connectivity index (χ2v) is 7.37. The van der Waals surface area contributed by atoms with Crippen LogP contribution in [0.4, 0.5) is 14.9 Å². The number of ether oxygens (including phenoxy) is 2. The summed E-state index contributed by atoms with van der Waals surface area (Å²) < 4.78 is 22.9. The first-order chi connectivity index (χ1) is 16.4. The molecule has 176 valence electrons. The molecule has 8 heteroatoms. The molecule has 0 bridgehead atoms. The van der Waals surface area contributed by atoms with Gasteiger partial charge in [0.05, 0.1) is 6.61 Å². The molecule has 3 aromatic carbocycles. The number of hydrogen-bond donors (Lipinski definition) is 2. The number of carbonyl (C=O) groups is 3. The quantitative estimate of drug-likeness (QED) is 0.348. The molecule has 0 spiro atoms. The molecule has 2 amide bonds. The van der Waals surface area contributed by atoms with E-state index in [1.165, 1.54) is 24.3 Å². The van der Waals surface area contributed by atoms with Gasteiger partial charge in [-0.2, -0.15) is 0 Å². The number of carbonyl (C=O) groups excluding carboxylic acids is 3. The summed E-state index contributed by atoms with van der Waals surface area (Å²) in [5, 5.41) is 5.63. The van der Waals surface area contributed by atoms with Gasteiger partial charge in [-0.1, -0.05) is 24.3 Å². The Bertz CT molecular complexity index is 1150. The Morgan fingerprint density at radius 1 is 0.912 bits per heavy atom. The molecule has 0 aliphatic carbocycles. The van der Waals surface area contributed by atoms with Gasteiger partial charge in [-0.25, -0.2) is 9.18 Å². The highest BCUT2D eigenvalue weighted by molar-refractivity contribution is 5.94. The summed E-state index contributed by atoms with van der Waals surface area (Å²) in [7, 11) is 0. The van der Waals surface area contributed by atoms with E-state index >= 15 is 0 Å². The Balaban J connectivity index is 1.48. The van der Waals surface area contributed by atoms with E-state index in [4.69, 9.17) is 9.47 Å². The normalized spacial score (nSPS) is 10.3. The van der Waals surface area contributed by atoms with Crippen LogP contribution in [0, 0.1) is 5.82 Å². The predicted octanol–water partition coefficient (Wildman–Crippen LogP) is 4.86. The third kappa shape index (κ3) is 7.74. The molecule has 0 fully saturated rings. The molecule has 0 atom stereocenters. The molecule has 0 unspecified atom stereocenters. The maximum Gasteiger partial charge on any atom is 0.513 e. The first-order valence-corrected chi connectivity index (χ1v) is 10.8. The van der Waals surface area contributed by atoms with Crippen molar-refractivity contribution in [3.8, 4) is 5.75 Å². The Morgan fingerprint density at radius 2 is 1.65 bits per heavy atom. The number of halogens is 1. The van der Waals surface area contributed by atoms with Gasteiger partial charge >= 0.3 is 6.16 Å². The summed E-state index contributed by atoms with van der Waals surface area (Å²) >= 11 is 0. The molecule has 0 aliphatic rings. The van der Waals surface area contributed by atoms with Crippen LogP contribution in [0.15, 0.2) is 72.8 Å². The maximum absolute atomic E-state index is 13.3. The van der Waals surface area contributed by atoms with E-state index in [2.05, 4.69) is 10.6 Å². The van der Waals surface area contributed by atoms with E-state index < -0.39 is 6.16 Å². The third-order valence-corrected chi connectivity index (χ3v) is 4.77. The summed E-state index contributed by atoms with van der Waals surface area (Å²) in [4.78, 5) is 36.0. The van der Waals surface area contributed by atoms with Crippen LogP contribution in [0.3, 0.4) is 0 Å². The molecular weight excluding hydrogens is 439 g/mol. The van der Waals surface area contributed by atoms with Crippen LogP contribution >= 0.6 is 0 Å². The van der Waals surface area contributed by atoms with Crippen molar-refractivity contribution in [3.05, 3.63) is 95.3 Å². The van der Waals surface area contributed by atoms with Crippen molar-refractivity contribution < 1.29 is 28.2 Å². The molecule has 0 saturated carbocycles. The van der Waals surface area contributed by atoms with Crippen molar-refractivity contribution in [3.63, 3.8) is 0 Å². The van der Waals surface area contributed by atoms with E-state index in [1.54, 1.807) is 49.4 Å². The highest BCUT2D eigenvalue weighted by Gasteiger charge is 2.09. The molecule has 7 nitrogen and oxygen atoms in total. The Hall–Kier alpha value is -4.20. The molecule has 0 heterocycles. The average molecular weight is 464 g/mol. The Morgan fingerprint density at radius 3 is 2.38 bits per heavy atom. The average Bonchev–Trinajstić information content (AvgIpc) is 2.82. The second kappa shape index (κ2) is 12.2. The lowest BCUT2D eigenvalue weighted by Crippen LogP contribution is -2.22.